The van der Waals surface area contributed by atoms with Crippen LogP contribution in [0.1, 0.15) is 5.69 Å². The summed E-state index contributed by atoms with van der Waals surface area (Å²) in [6, 6.07) is 0. The molecule has 1 aromatic heterocycles. The normalized spacial score (nSPS) is 13.0. The zero-order chi connectivity index (χ0) is 10.1. The van der Waals surface area contributed by atoms with E-state index in [9.17, 15) is 22.0 Å². The minimum Gasteiger partial charge on any atom is -0.230 e. The van der Waals surface area contributed by atoms with Gasteiger partial charge in [-0.2, -0.15) is 22.0 Å². The third-order valence-corrected chi connectivity index (χ3v) is 1.11. The summed E-state index contributed by atoms with van der Waals surface area (Å²) in [5.74, 6) is -5.04. The Morgan fingerprint density at radius 1 is 1.15 bits per heavy atom. The van der Waals surface area contributed by atoms with Gasteiger partial charge in [0.15, 0.2) is 5.69 Å². The first-order chi connectivity index (χ1) is 5.86. The van der Waals surface area contributed by atoms with Crippen molar-refractivity contribution in [2.75, 3.05) is 0 Å². The highest BCUT2D eigenvalue weighted by molar-refractivity contribution is 5.03. The Morgan fingerprint density at radius 2 is 1.77 bits per heavy atom. The standard InChI is InChI=1S/C5HF5N3/c6-4(7,5(8,9)10)3-1-12-13-2-11-3/h2H. The zero-order valence-corrected chi connectivity index (χ0v) is 5.81. The fourth-order valence-corrected chi connectivity index (χ4v) is 0.500. The van der Waals surface area contributed by atoms with Crippen molar-refractivity contribution >= 4 is 0 Å². The van der Waals surface area contributed by atoms with Crippen molar-refractivity contribution in [3.05, 3.63) is 18.2 Å². The number of halogens is 5. The van der Waals surface area contributed by atoms with Crippen LogP contribution in [0, 0.1) is 6.20 Å². The third kappa shape index (κ3) is 1.70. The summed E-state index contributed by atoms with van der Waals surface area (Å²) < 4.78 is 59.7. The van der Waals surface area contributed by atoms with Crippen molar-refractivity contribution < 1.29 is 22.0 Å². The molecule has 13 heavy (non-hydrogen) atoms. The van der Waals surface area contributed by atoms with Gasteiger partial charge in [0.05, 0.1) is 0 Å². The maximum Gasteiger partial charge on any atom is 0.459 e. The second-order valence-electron chi connectivity index (χ2n) is 1.99. The zero-order valence-electron chi connectivity index (χ0n) is 5.81. The number of hydrogen-bond donors (Lipinski definition) is 0. The highest BCUT2D eigenvalue weighted by Crippen LogP contribution is 2.42. The van der Waals surface area contributed by atoms with E-state index >= 15 is 0 Å². The lowest BCUT2D eigenvalue weighted by Crippen LogP contribution is -2.34. The van der Waals surface area contributed by atoms with Gasteiger partial charge in [0.25, 0.3) is 0 Å². The summed E-state index contributed by atoms with van der Waals surface area (Å²) in [5, 5.41) is 5.67. The molecule has 1 rings (SSSR count). The SMILES string of the molecule is FC(F)(F)C(F)(F)c1[c]nncn1. The highest BCUT2D eigenvalue weighted by atomic mass is 19.4. The van der Waals surface area contributed by atoms with Crippen LogP contribution >= 0.6 is 0 Å². The molecule has 0 amide bonds. The quantitative estimate of drug-likeness (QED) is 0.639. The van der Waals surface area contributed by atoms with Crippen LogP contribution < -0.4 is 0 Å². The van der Waals surface area contributed by atoms with Gasteiger partial charge in [-0.1, -0.05) is 0 Å². The Hall–Kier alpha value is -1.34. The van der Waals surface area contributed by atoms with E-state index in [2.05, 4.69) is 15.2 Å². The molecule has 0 fully saturated rings. The second-order valence-corrected chi connectivity index (χ2v) is 1.99. The summed E-state index contributed by atoms with van der Waals surface area (Å²) in [7, 11) is 0. The average Bonchev–Trinajstić information content (AvgIpc) is 2.04. The molecule has 0 aliphatic rings. The summed E-state index contributed by atoms with van der Waals surface area (Å²) in [6.45, 7) is 0. The number of aromatic nitrogens is 3. The van der Waals surface area contributed by atoms with Gasteiger partial charge in [0, 0.05) is 0 Å². The summed E-state index contributed by atoms with van der Waals surface area (Å²) >= 11 is 0. The Balaban J connectivity index is 3.08. The van der Waals surface area contributed by atoms with E-state index in [-0.39, 0.29) is 0 Å². The molecule has 0 spiro atoms. The molecule has 0 saturated heterocycles. The van der Waals surface area contributed by atoms with E-state index in [1.807, 2.05) is 0 Å². The van der Waals surface area contributed by atoms with Crippen molar-refractivity contribution in [3.8, 4) is 0 Å². The predicted octanol–water partition coefficient (Wildman–Crippen LogP) is 1.33. The molecule has 71 valence electrons. The van der Waals surface area contributed by atoms with E-state index < -0.39 is 17.8 Å². The van der Waals surface area contributed by atoms with E-state index in [4.69, 9.17) is 0 Å². The summed E-state index contributed by atoms with van der Waals surface area (Å²) in [4.78, 5) is 2.72. The fourth-order valence-electron chi connectivity index (χ4n) is 0.500. The Labute approximate surface area is 68.6 Å². The van der Waals surface area contributed by atoms with Crippen LogP contribution in [0.5, 0.6) is 0 Å². The highest BCUT2D eigenvalue weighted by Gasteiger charge is 2.60. The van der Waals surface area contributed by atoms with Crippen LogP contribution in [0.25, 0.3) is 0 Å². The molecular formula is C5HF5N3. The Morgan fingerprint density at radius 3 is 2.15 bits per heavy atom. The van der Waals surface area contributed by atoms with Crippen molar-refractivity contribution in [2.24, 2.45) is 0 Å². The van der Waals surface area contributed by atoms with Crippen LogP contribution in [-0.4, -0.2) is 21.4 Å². The summed E-state index contributed by atoms with van der Waals surface area (Å²) in [6.07, 6.45) is -3.83. The van der Waals surface area contributed by atoms with Gasteiger partial charge in [-0.15, -0.1) is 10.2 Å². The van der Waals surface area contributed by atoms with E-state index in [1.165, 1.54) is 6.20 Å². The van der Waals surface area contributed by atoms with Crippen LogP contribution in [-0.2, 0) is 5.92 Å². The van der Waals surface area contributed by atoms with Gasteiger partial charge in [0.2, 0.25) is 0 Å². The molecule has 0 N–H and O–H groups in total. The largest absolute Gasteiger partial charge is 0.459 e. The number of hydrogen-bond acceptors (Lipinski definition) is 3. The Bertz CT molecular complexity index is 282. The fraction of sp³-hybridized carbons (Fsp3) is 0.400. The first kappa shape index (κ1) is 9.75. The predicted molar refractivity (Wildman–Crippen MR) is 28.6 cm³/mol. The van der Waals surface area contributed by atoms with Gasteiger partial charge in [-0.25, -0.2) is 4.98 Å². The molecule has 0 unspecified atom stereocenters. The minimum atomic E-state index is -5.69. The molecular weight excluding hydrogens is 197 g/mol. The molecule has 0 atom stereocenters. The van der Waals surface area contributed by atoms with Crippen molar-refractivity contribution in [2.45, 2.75) is 12.1 Å². The molecule has 1 aromatic rings. The third-order valence-electron chi connectivity index (χ3n) is 1.11. The monoisotopic (exact) mass is 198 g/mol. The maximum atomic E-state index is 12.4. The average molecular weight is 198 g/mol. The van der Waals surface area contributed by atoms with Crippen LogP contribution in [0.3, 0.4) is 0 Å². The van der Waals surface area contributed by atoms with Crippen molar-refractivity contribution in [3.63, 3.8) is 0 Å². The van der Waals surface area contributed by atoms with Crippen LogP contribution in [0.4, 0.5) is 22.0 Å². The first-order valence-corrected chi connectivity index (χ1v) is 2.86. The van der Waals surface area contributed by atoms with Crippen LogP contribution in [0.2, 0.25) is 0 Å². The number of alkyl halides is 5. The van der Waals surface area contributed by atoms with Gasteiger partial charge < -0.3 is 0 Å². The molecule has 0 aromatic carbocycles. The molecule has 0 aliphatic heterocycles. The Kier molecular flexibility index (Phi) is 2.14. The lowest BCUT2D eigenvalue weighted by Gasteiger charge is -2.17. The minimum absolute atomic E-state index is 0.492. The molecule has 8 heteroatoms. The van der Waals surface area contributed by atoms with E-state index in [1.54, 1.807) is 0 Å². The molecule has 0 saturated carbocycles. The van der Waals surface area contributed by atoms with Gasteiger partial charge >= 0.3 is 12.1 Å². The van der Waals surface area contributed by atoms with E-state index in [0.29, 0.717) is 6.33 Å². The van der Waals surface area contributed by atoms with Crippen LogP contribution in [0.15, 0.2) is 6.33 Å². The molecule has 3 nitrogen and oxygen atoms in total. The lowest BCUT2D eigenvalue weighted by molar-refractivity contribution is -0.291. The van der Waals surface area contributed by atoms with E-state index in [0.717, 1.165) is 0 Å². The molecule has 1 radical (unpaired) electrons. The van der Waals surface area contributed by atoms with Gasteiger partial charge in [0.1, 0.15) is 12.5 Å². The molecule has 0 bridgehead atoms. The van der Waals surface area contributed by atoms with Crippen molar-refractivity contribution in [1.29, 1.82) is 0 Å². The summed E-state index contributed by atoms with van der Waals surface area (Å²) in [5.41, 5.74) is -1.59. The molecule has 1 heterocycles. The van der Waals surface area contributed by atoms with Gasteiger partial charge in [-0.05, 0) is 0 Å². The molecule has 0 aliphatic carbocycles. The number of nitrogens with zero attached hydrogens (tertiary/aromatic N) is 3. The lowest BCUT2D eigenvalue weighted by atomic mass is 10.2. The topological polar surface area (TPSA) is 38.7 Å². The second kappa shape index (κ2) is 2.86. The maximum absolute atomic E-state index is 12.4. The smallest absolute Gasteiger partial charge is 0.230 e. The first-order valence-electron chi connectivity index (χ1n) is 2.86. The number of rotatable bonds is 1. The van der Waals surface area contributed by atoms with Crippen molar-refractivity contribution in [1.82, 2.24) is 15.2 Å². The van der Waals surface area contributed by atoms with Gasteiger partial charge in [-0.3, -0.25) is 0 Å².